The maximum atomic E-state index is 13.4. The summed E-state index contributed by atoms with van der Waals surface area (Å²) in [6.07, 6.45) is 3.25. The average molecular weight is 313 g/mol. The van der Waals surface area contributed by atoms with Gasteiger partial charge in [0.1, 0.15) is 5.82 Å². The minimum Gasteiger partial charge on any atom is -0.388 e. The van der Waals surface area contributed by atoms with Crippen molar-refractivity contribution in [2.24, 2.45) is 0 Å². The third kappa shape index (κ3) is 5.68. The molecule has 4 heteroatoms. The van der Waals surface area contributed by atoms with Gasteiger partial charge in [0, 0.05) is 18.5 Å². The zero-order valence-electron chi connectivity index (χ0n) is 12.8. The van der Waals surface area contributed by atoms with E-state index in [9.17, 15) is 14.3 Å². The topological polar surface area (TPSA) is 49.3 Å². The van der Waals surface area contributed by atoms with Gasteiger partial charge in [0.25, 0.3) is 0 Å². The summed E-state index contributed by atoms with van der Waals surface area (Å²) in [4.78, 5) is 11.7. The Morgan fingerprint density at radius 3 is 2.57 bits per heavy atom. The van der Waals surface area contributed by atoms with Crippen LogP contribution in [0, 0.1) is 5.82 Å². The molecule has 0 bridgehead atoms. The first-order valence-corrected chi connectivity index (χ1v) is 7.57. The molecule has 0 aliphatic rings. The minimum atomic E-state index is -0.592. The smallest absolute Gasteiger partial charge is 0.223 e. The Labute approximate surface area is 135 Å². The van der Waals surface area contributed by atoms with E-state index in [2.05, 4.69) is 5.32 Å². The van der Waals surface area contributed by atoms with Crippen LogP contribution in [0.4, 0.5) is 4.39 Å². The lowest BCUT2D eigenvalue weighted by molar-refractivity contribution is -0.120. The molecule has 3 nitrogen and oxygen atoms in total. The molecular weight excluding hydrogens is 293 g/mol. The Morgan fingerprint density at radius 2 is 1.83 bits per heavy atom. The highest BCUT2D eigenvalue weighted by molar-refractivity contribution is 5.78. The second kappa shape index (κ2) is 8.86. The van der Waals surface area contributed by atoms with E-state index >= 15 is 0 Å². The number of carbonyl (C=O) groups excluding carboxylic acids is 1. The third-order valence-corrected chi connectivity index (χ3v) is 3.43. The van der Waals surface area contributed by atoms with Crippen LogP contribution in [0.3, 0.4) is 0 Å². The number of halogens is 1. The molecule has 1 atom stereocenters. The lowest BCUT2D eigenvalue weighted by Crippen LogP contribution is -2.24. The molecular formula is C19H20FNO2. The van der Waals surface area contributed by atoms with E-state index in [1.165, 1.54) is 6.07 Å². The summed E-state index contributed by atoms with van der Waals surface area (Å²) in [6.45, 7) is 0.391. The summed E-state index contributed by atoms with van der Waals surface area (Å²) < 4.78 is 13.4. The van der Waals surface area contributed by atoms with Crippen molar-refractivity contribution < 1.29 is 14.3 Å². The molecule has 0 spiro atoms. The molecule has 0 fully saturated rings. The molecule has 2 aromatic carbocycles. The van der Waals surface area contributed by atoms with Crippen LogP contribution in [0.25, 0.3) is 6.08 Å². The van der Waals surface area contributed by atoms with Crippen molar-refractivity contribution in [1.82, 2.24) is 5.32 Å². The fourth-order valence-electron chi connectivity index (χ4n) is 2.17. The van der Waals surface area contributed by atoms with E-state index in [0.717, 1.165) is 5.56 Å². The normalized spacial score (nSPS) is 12.3. The summed E-state index contributed by atoms with van der Waals surface area (Å²) in [6, 6.07) is 15.7. The molecule has 23 heavy (non-hydrogen) atoms. The van der Waals surface area contributed by atoms with Crippen molar-refractivity contribution in [2.45, 2.75) is 18.9 Å². The molecule has 0 radical (unpaired) electrons. The van der Waals surface area contributed by atoms with Crippen LogP contribution >= 0.6 is 0 Å². The number of carbonyl (C=O) groups is 1. The summed E-state index contributed by atoms with van der Waals surface area (Å²) in [5.74, 6) is -0.465. The van der Waals surface area contributed by atoms with Gasteiger partial charge in [-0.15, -0.1) is 0 Å². The number of benzene rings is 2. The number of aliphatic hydroxyl groups excluding tert-OH is 1. The molecule has 2 rings (SSSR count). The Kier molecular flexibility index (Phi) is 6.51. The van der Waals surface area contributed by atoms with Crippen molar-refractivity contribution in [3.8, 4) is 0 Å². The molecule has 0 aromatic heterocycles. The molecule has 0 heterocycles. The van der Waals surface area contributed by atoms with E-state index < -0.39 is 6.10 Å². The van der Waals surface area contributed by atoms with Crippen molar-refractivity contribution in [3.05, 3.63) is 77.6 Å². The molecule has 2 aromatic rings. The van der Waals surface area contributed by atoms with Crippen molar-refractivity contribution in [1.29, 1.82) is 0 Å². The zero-order valence-corrected chi connectivity index (χ0v) is 12.8. The monoisotopic (exact) mass is 313 g/mol. The van der Waals surface area contributed by atoms with Crippen molar-refractivity contribution in [2.75, 3.05) is 6.54 Å². The van der Waals surface area contributed by atoms with Gasteiger partial charge in [0.15, 0.2) is 0 Å². The number of aliphatic hydroxyl groups is 1. The molecule has 120 valence electrons. The van der Waals surface area contributed by atoms with E-state index in [1.807, 2.05) is 30.3 Å². The second-order valence-corrected chi connectivity index (χ2v) is 5.19. The fourth-order valence-corrected chi connectivity index (χ4v) is 2.17. The molecule has 1 unspecified atom stereocenters. The van der Waals surface area contributed by atoms with Gasteiger partial charge in [-0.3, -0.25) is 4.79 Å². The second-order valence-electron chi connectivity index (χ2n) is 5.19. The lowest BCUT2D eigenvalue weighted by Gasteiger charge is -2.11. The molecule has 0 saturated heterocycles. The van der Waals surface area contributed by atoms with Crippen LogP contribution in [-0.4, -0.2) is 17.6 Å². The van der Waals surface area contributed by atoms with Crippen LogP contribution < -0.4 is 5.32 Å². The van der Waals surface area contributed by atoms with E-state index in [-0.39, 0.29) is 18.1 Å². The van der Waals surface area contributed by atoms with Crippen molar-refractivity contribution >= 4 is 12.0 Å². The minimum absolute atomic E-state index is 0.155. The Balaban J connectivity index is 1.70. The van der Waals surface area contributed by atoms with E-state index in [1.54, 1.807) is 30.4 Å². The maximum Gasteiger partial charge on any atom is 0.223 e. The molecule has 0 aliphatic carbocycles. The van der Waals surface area contributed by atoms with E-state index in [0.29, 0.717) is 18.5 Å². The molecule has 1 amide bonds. The zero-order chi connectivity index (χ0) is 16.5. The highest BCUT2D eigenvalue weighted by Gasteiger charge is 2.07. The Bertz CT molecular complexity index is 655. The number of amides is 1. The quantitative estimate of drug-likeness (QED) is 0.822. The van der Waals surface area contributed by atoms with Gasteiger partial charge < -0.3 is 10.4 Å². The van der Waals surface area contributed by atoms with Crippen LogP contribution in [0.5, 0.6) is 0 Å². The average Bonchev–Trinajstić information content (AvgIpc) is 2.57. The van der Waals surface area contributed by atoms with Gasteiger partial charge in [0.05, 0.1) is 6.10 Å². The predicted octanol–water partition coefficient (Wildman–Crippen LogP) is 3.47. The number of hydrogen-bond acceptors (Lipinski definition) is 2. The van der Waals surface area contributed by atoms with Crippen LogP contribution in [0.2, 0.25) is 0 Å². The summed E-state index contributed by atoms with van der Waals surface area (Å²) in [5, 5.41) is 12.7. The van der Waals surface area contributed by atoms with Gasteiger partial charge >= 0.3 is 0 Å². The number of nitrogens with one attached hydrogen (secondary N) is 1. The Hall–Kier alpha value is -2.46. The highest BCUT2D eigenvalue weighted by Crippen LogP contribution is 2.14. The summed E-state index contributed by atoms with van der Waals surface area (Å²) in [7, 11) is 0. The molecule has 2 N–H and O–H groups in total. The van der Waals surface area contributed by atoms with Crippen LogP contribution in [0.1, 0.15) is 30.1 Å². The van der Waals surface area contributed by atoms with Gasteiger partial charge in [-0.2, -0.15) is 0 Å². The van der Waals surface area contributed by atoms with Gasteiger partial charge in [-0.1, -0.05) is 60.7 Å². The van der Waals surface area contributed by atoms with Gasteiger partial charge in [-0.25, -0.2) is 4.39 Å². The lowest BCUT2D eigenvalue weighted by atomic mass is 10.1. The number of rotatable bonds is 7. The Morgan fingerprint density at radius 1 is 1.13 bits per heavy atom. The van der Waals surface area contributed by atoms with Crippen LogP contribution in [0.15, 0.2) is 60.7 Å². The third-order valence-electron chi connectivity index (χ3n) is 3.43. The summed E-state index contributed by atoms with van der Waals surface area (Å²) in [5.41, 5.74) is 1.29. The predicted molar refractivity (Wildman–Crippen MR) is 89.1 cm³/mol. The molecule has 0 aliphatic heterocycles. The van der Waals surface area contributed by atoms with Crippen molar-refractivity contribution in [3.63, 3.8) is 0 Å². The SMILES string of the molecule is O=C(CC=Cc1ccccc1F)NCCC(O)c1ccccc1. The standard InChI is InChI=1S/C19H20FNO2/c20-17-11-5-4-7-15(17)10-6-12-19(23)21-14-13-18(22)16-8-2-1-3-9-16/h1-11,18,22H,12-14H2,(H,21,23). The summed E-state index contributed by atoms with van der Waals surface area (Å²) >= 11 is 0. The van der Waals surface area contributed by atoms with Gasteiger partial charge in [-0.05, 0) is 18.1 Å². The van der Waals surface area contributed by atoms with Crippen LogP contribution in [-0.2, 0) is 4.79 Å². The van der Waals surface area contributed by atoms with E-state index in [4.69, 9.17) is 0 Å². The number of hydrogen-bond donors (Lipinski definition) is 2. The first-order valence-electron chi connectivity index (χ1n) is 7.57. The maximum absolute atomic E-state index is 13.4. The fraction of sp³-hybridized carbons (Fsp3) is 0.211. The largest absolute Gasteiger partial charge is 0.388 e. The molecule has 0 saturated carbocycles. The first kappa shape index (κ1) is 16.9. The highest BCUT2D eigenvalue weighted by atomic mass is 19.1. The van der Waals surface area contributed by atoms with Gasteiger partial charge in [0.2, 0.25) is 5.91 Å². The first-order chi connectivity index (χ1) is 11.2.